The summed E-state index contributed by atoms with van der Waals surface area (Å²) in [6.07, 6.45) is -6.93. The molecule has 0 saturated carbocycles. The van der Waals surface area contributed by atoms with E-state index in [0.717, 1.165) is 0 Å². The van der Waals surface area contributed by atoms with Gasteiger partial charge in [0.15, 0.2) is 6.10 Å². The third-order valence-corrected chi connectivity index (χ3v) is 6.73. The number of carbonyl (C=O) groups is 1. The summed E-state index contributed by atoms with van der Waals surface area (Å²) in [5.41, 5.74) is 0. The molecular formula is C15H33NO9Si. The third-order valence-electron chi connectivity index (χ3n) is 3.58. The molecule has 26 heavy (non-hydrogen) atoms. The van der Waals surface area contributed by atoms with E-state index in [1.54, 1.807) is 0 Å². The van der Waals surface area contributed by atoms with Crippen molar-refractivity contribution in [3.63, 3.8) is 0 Å². The summed E-state index contributed by atoms with van der Waals surface area (Å²) in [6, 6.07) is 0.466. The molecule has 0 bridgehead atoms. The summed E-state index contributed by atoms with van der Waals surface area (Å²) in [6.45, 7) is 6.19. The lowest BCUT2D eigenvalue weighted by Gasteiger charge is -2.28. The molecule has 11 heteroatoms. The van der Waals surface area contributed by atoms with E-state index in [4.69, 9.17) is 18.4 Å². The van der Waals surface area contributed by atoms with Crippen molar-refractivity contribution in [1.29, 1.82) is 0 Å². The minimum absolute atomic E-state index is 0.170. The summed E-state index contributed by atoms with van der Waals surface area (Å²) >= 11 is 0. The molecule has 4 atom stereocenters. The lowest BCUT2D eigenvalue weighted by atomic mass is 10.0. The highest BCUT2D eigenvalue weighted by atomic mass is 28.4. The van der Waals surface area contributed by atoms with Crippen LogP contribution in [0.3, 0.4) is 0 Å². The summed E-state index contributed by atoms with van der Waals surface area (Å²) in [5.74, 6) is -0.904. The van der Waals surface area contributed by atoms with Gasteiger partial charge in [-0.2, -0.15) is 0 Å². The Morgan fingerprint density at radius 2 is 1.46 bits per heavy atom. The maximum atomic E-state index is 11.8. The number of rotatable bonds is 15. The highest BCUT2D eigenvalue weighted by Gasteiger charge is 2.40. The Labute approximate surface area is 155 Å². The number of aliphatic hydroxyl groups is 5. The quantitative estimate of drug-likeness (QED) is 0.135. The zero-order chi connectivity index (χ0) is 20.2. The smallest absolute Gasteiger partial charge is 0.394 e. The van der Waals surface area contributed by atoms with Gasteiger partial charge in [-0.3, -0.25) is 4.79 Å². The first-order valence-electron chi connectivity index (χ1n) is 8.81. The van der Waals surface area contributed by atoms with E-state index >= 15 is 0 Å². The van der Waals surface area contributed by atoms with E-state index in [9.17, 15) is 25.2 Å². The van der Waals surface area contributed by atoms with Crippen LogP contribution in [0.15, 0.2) is 0 Å². The van der Waals surface area contributed by atoms with E-state index in [1.165, 1.54) is 0 Å². The summed E-state index contributed by atoms with van der Waals surface area (Å²) in [7, 11) is -2.82. The lowest BCUT2D eigenvalue weighted by molar-refractivity contribution is -0.148. The van der Waals surface area contributed by atoms with Crippen LogP contribution in [0.1, 0.15) is 27.2 Å². The van der Waals surface area contributed by atoms with E-state index < -0.39 is 45.7 Å². The zero-order valence-electron chi connectivity index (χ0n) is 15.6. The molecule has 156 valence electrons. The Hall–Kier alpha value is -0.633. The van der Waals surface area contributed by atoms with Gasteiger partial charge in [0.1, 0.15) is 18.3 Å². The first-order valence-corrected chi connectivity index (χ1v) is 10.7. The van der Waals surface area contributed by atoms with Gasteiger partial charge in [-0.05, 0) is 27.2 Å². The number of carbonyl (C=O) groups excluding carboxylic acids is 1. The minimum atomic E-state index is -2.82. The van der Waals surface area contributed by atoms with Crippen molar-refractivity contribution in [1.82, 2.24) is 5.32 Å². The van der Waals surface area contributed by atoms with Gasteiger partial charge in [0, 0.05) is 32.4 Å². The molecule has 0 unspecified atom stereocenters. The van der Waals surface area contributed by atoms with E-state index in [1.807, 2.05) is 20.8 Å². The van der Waals surface area contributed by atoms with Crippen molar-refractivity contribution in [3.05, 3.63) is 0 Å². The molecule has 0 rings (SSSR count). The summed E-state index contributed by atoms with van der Waals surface area (Å²) < 4.78 is 17.0. The van der Waals surface area contributed by atoms with Gasteiger partial charge in [0.25, 0.3) is 5.91 Å². The minimum Gasteiger partial charge on any atom is -0.394 e. The van der Waals surface area contributed by atoms with Crippen LogP contribution in [-0.2, 0) is 18.1 Å². The predicted octanol–water partition coefficient (Wildman–Crippen LogP) is -2.02. The van der Waals surface area contributed by atoms with Crippen LogP contribution in [0.5, 0.6) is 0 Å². The van der Waals surface area contributed by atoms with Crippen LogP contribution in [0.4, 0.5) is 0 Å². The number of hydrogen-bond acceptors (Lipinski definition) is 9. The average molecular weight is 400 g/mol. The maximum Gasteiger partial charge on any atom is 0.500 e. The lowest BCUT2D eigenvalue weighted by Crippen LogP contribution is -2.52. The zero-order valence-corrected chi connectivity index (χ0v) is 16.6. The molecule has 0 aliphatic carbocycles. The van der Waals surface area contributed by atoms with Crippen LogP contribution < -0.4 is 5.32 Å². The molecule has 0 aromatic carbocycles. The number of hydrogen-bond donors (Lipinski definition) is 6. The second-order valence-corrected chi connectivity index (χ2v) is 8.28. The Bertz CT molecular complexity index is 371. The standard InChI is InChI=1S/C15H33NO9Si/c1-4-23-26(24-5-2,25-6-3)9-7-8-16-15(22)14(21)13(20)12(19)11(18)10-17/h11-14,17-21H,4-10H2,1-3H3,(H,16,22)/t11-,12+,13-,14-/m1/s1. The summed E-state index contributed by atoms with van der Waals surface area (Å²) in [5, 5.41) is 49.3. The van der Waals surface area contributed by atoms with Gasteiger partial charge in [-0.15, -0.1) is 0 Å². The van der Waals surface area contributed by atoms with Gasteiger partial charge in [0.05, 0.1) is 6.61 Å². The topological polar surface area (TPSA) is 158 Å². The molecular weight excluding hydrogens is 366 g/mol. The molecule has 0 aliphatic heterocycles. The SMILES string of the molecule is CCO[Si](CCCNC(=O)[C@H](O)[C@H](O)[C@@H](O)[C@H](O)CO)(OCC)OCC. The van der Waals surface area contributed by atoms with Crippen molar-refractivity contribution in [2.75, 3.05) is 33.0 Å². The number of amides is 1. The Balaban J connectivity index is 4.49. The number of aliphatic hydroxyl groups excluding tert-OH is 5. The van der Waals surface area contributed by atoms with Gasteiger partial charge in [-0.1, -0.05) is 0 Å². The largest absolute Gasteiger partial charge is 0.500 e. The molecule has 0 aliphatic rings. The number of nitrogens with one attached hydrogen (secondary N) is 1. The molecule has 0 heterocycles. The normalized spacial score (nSPS) is 16.8. The van der Waals surface area contributed by atoms with Gasteiger partial charge < -0.3 is 44.1 Å². The molecule has 10 nitrogen and oxygen atoms in total. The van der Waals surface area contributed by atoms with Crippen molar-refractivity contribution in [3.8, 4) is 0 Å². The van der Waals surface area contributed by atoms with Crippen molar-refractivity contribution in [2.45, 2.75) is 57.7 Å². The third kappa shape index (κ3) is 8.37. The second-order valence-electron chi connectivity index (χ2n) is 5.55. The van der Waals surface area contributed by atoms with Crippen LogP contribution in [0, 0.1) is 0 Å². The monoisotopic (exact) mass is 399 g/mol. The molecule has 6 N–H and O–H groups in total. The van der Waals surface area contributed by atoms with Crippen molar-refractivity contribution >= 4 is 14.7 Å². The van der Waals surface area contributed by atoms with Crippen LogP contribution >= 0.6 is 0 Å². The van der Waals surface area contributed by atoms with Crippen LogP contribution in [0.25, 0.3) is 0 Å². The fourth-order valence-electron chi connectivity index (χ4n) is 2.30. The molecule has 0 aromatic heterocycles. The highest BCUT2D eigenvalue weighted by Crippen LogP contribution is 2.17. The molecule has 0 radical (unpaired) electrons. The molecule has 0 spiro atoms. The van der Waals surface area contributed by atoms with E-state index in [-0.39, 0.29) is 6.54 Å². The van der Waals surface area contributed by atoms with Crippen molar-refractivity contribution < 1.29 is 43.6 Å². The predicted molar refractivity (Wildman–Crippen MR) is 94.2 cm³/mol. The Morgan fingerprint density at radius 1 is 0.962 bits per heavy atom. The fourth-order valence-corrected chi connectivity index (χ4v) is 4.91. The summed E-state index contributed by atoms with van der Waals surface area (Å²) in [4.78, 5) is 11.8. The fraction of sp³-hybridized carbons (Fsp3) is 0.933. The Kier molecular flexibility index (Phi) is 13.2. The van der Waals surface area contributed by atoms with Crippen LogP contribution in [-0.4, -0.2) is 97.6 Å². The van der Waals surface area contributed by atoms with Gasteiger partial charge in [0.2, 0.25) is 0 Å². The average Bonchev–Trinajstić information content (AvgIpc) is 2.63. The van der Waals surface area contributed by atoms with Gasteiger partial charge >= 0.3 is 8.80 Å². The molecule has 0 aromatic rings. The first-order chi connectivity index (χ1) is 12.3. The van der Waals surface area contributed by atoms with E-state index in [0.29, 0.717) is 32.3 Å². The van der Waals surface area contributed by atoms with Gasteiger partial charge in [-0.25, -0.2) is 0 Å². The van der Waals surface area contributed by atoms with E-state index in [2.05, 4.69) is 5.32 Å². The first kappa shape index (κ1) is 25.4. The van der Waals surface area contributed by atoms with Crippen molar-refractivity contribution in [2.24, 2.45) is 0 Å². The highest BCUT2D eigenvalue weighted by molar-refractivity contribution is 6.60. The Morgan fingerprint density at radius 3 is 1.88 bits per heavy atom. The second kappa shape index (κ2) is 13.5. The van der Waals surface area contributed by atoms with Crippen LogP contribution in [0.2, 0.25) is 6.04 Å². The molecule has 0 fully saturated rings. The molecule has 0 saturated heterocycles. The maximum absolute atomic E-state index is 11.8. The molecule has 1 amide bonds.